The molecule has 0 saturated carbocycles. The van der Waals surface area contributed by atoms with Crippen molar-refractivity contribution in [3.63, 3.8) is 0 Å². The van der Waals surface area contributed by atoms with Gasteiger partial charge in [0.1, 0.15) is 5.56 Å². The van der Waals surface area contributed by atoms with Crippen molar-refractivity contribution < 1.29 is 32.2 Å². The number of halogens is 3. The summed E-state index contributed by atoms with van der Waals surface area (Å²) in [5, 5.41) is 0. The predicted molar refractivity (Wildman–Crippen MR) is 81.5 cm³/mol. The van der Waals surface area contributed by atoms with Crippen molar-refractivity contribution in [2.75, 3.05) is 20.8 Å². The predicted octanol–water partition coefficient (Wildman–Crippen LogP) is 3.36. The third-order valence-corrected chi connectivity index (χ3v) is 3.19. The van der Waals surface area contributed by atoms with Crippen LogP contribution in [0.25, 0.3) is 11.3 Å². The van der Waals surface area contributed by atoms with Gasteiger partial charge in [0.2, 0.25) is 5.82 Å². The lowest BCUT2D eigenvalue weighted by Gasteiger charge is -2.13. The second kappa shape index (κ2) is 7.37. The van der Waals surface area contributed by atoms with Crippen molar-refractivity contribution in [3.05, 3.63) is 35.8 Å². The number of aromatic nitrogens is 2. The van der Waals surface area contributed by atoms with Gasteiger partial charge in [0, 0.05) is 11.8 Å². The number of esters is 1. The lowest BCUT2D eigenvalue weighted by Crippen LogP contribution is -2.15. The summed E-state index contributed by atoms with van der Waals surface area (Å²) in [5.41, 5.74) is -0.155. The Balaban J connectivity index is 2.65. The Hall–Kier alpha value is -2.84. The van der Waals surface area contributed by atoms with E-state index in [0.29, 0.717) is 5.75 Å². The van der Waals surface area contributed by atoms with Crippen LogP contribution in [0, 0.1) is 0 Å². The van der Waals surface area contributed by atoms with Crippen LogP contribution in [0.1, 0.15) is 23.1 Å². The number of hydrogen-bond donors (Lipinski definition) is 0. The number of methoxy groups -OCH3 is 2. The number of nitrogens with zero attached hydrogens (tertiary/aromatic N) is 2. The van der Waals surface area contributed by atoms with E-state index in [0.717, 1.165) is 6.20 Å². The maximum Gasteiger partial charge on any atom is 0.451 e. The third-order valence-electron chi connectivity index (χ3n) is 3.19. The van der Waals surface area contributed by atoms with Gasteiger partial charge in [0.15, 0.2) is 11.5 Å². The molecule has 0 N–H and O–H groups in total. The Bertz CT molecular complexity index is 778. The molecular formula is C16H15F3N2O4. The molecule has 0 aliphatic carbocycles. The molecule has 1 heterocycles. The summed E-state index contributed by atoms with van der Waals surface area (Å²) in [6, 6.07) is 4.38. The summed E-state index contributed by atoms with van der Waals surface area (Å²) in [5.74, 6) is -1.51. The quantitative estimate of drug-likeness (QED) is 0.765. The zero-order valence-electron chi connectivity index (χ0n) is 13.7. The number of carbonyl (C=O) groups excluding carboxylic acids is 1. The van der Waals surface area contributed by atoms with Crippen LogP contribution in [0.15, 0.2) is 24.4 Å². The highest BCUT2D eigenvalue weighted by Gasteiger charge is 2.36. The molecule has 2 aromatic rings. The molecule has 0 radical (unpaired) electrons. The number of hydrogen-bond acceptors (Lipinski definition) is 6. The number of benzene rings is 1. The van der Waals surface area contributed by atoms with Gasteiger partial charge in [-0.2, -0.15) is 13.2 Å². The molecule has 9 heteroatoms. The average molecular weight is 356 g/mol. The third kappa shape index (κ3) is 3.98. The molecule has 0 bridgehead atoms. The van der Waals surface area contributed by atoms with Crippen LogP contribution in [0.2, 0.25) is 0 Å². The second-order valence-electron chi connectivity index (χ2n) is 4.74. The zero-order chi connectivity index (χ0) is 18.6. The number of alkyl halides is 3. The monoisotopic (exact) mass is 356 g/mol. The van der Waals surface area contributed by atoms with E-state index < -0.39 is 18.0 Å². The van der Waals surface area contributed by atoms with Gasteiger partial charge in [-0.05, 0) is 25.1 Å². The Labute approximate surface area is 141 Å². The van der Waals surface area contributed by atoms with Crippen molar-refractivity contribution >= 4 is 5.97 Å². The van der Waals surface area contributed by atoms with Crippen molar-refractivity contribution in [2.45, 2.75) is 13.1 Å². The summed E-state index contributed by atoms with van der Waals surface area (Å²) in [6.07, 6.45) is -3.95. The molecule has 0 amide bonds. The summed E-state index contributed by atoms with van der Waals surface area (Å²) >= 11 is 0. The summed E-state index contributed by atoms with van der Waals surface area (Å²) in [7, 11) is 2.81. The minimum Gasteiger partial charge on any atom is -0.493 e. The highest BCUT2D eigenvalue weighted by atomic mass is 19.4. The van der Waals surface area contributed by atoms with Gasteiger partial charge in [-0.25, -0.2) is 14.8 Å². The van der Waals surface area contributed by atoms with Crippen molar-refractivity contribution in [1.29, 1.82) is 0 Å². The normalized spacial score (nSPS) is 11.1. The molecule has 0 saturated heterocycles. The largest absolute Gasteiger partial charge is 0.493 e. The number of carbonyl (C=O) groups is 1. The van der Waals surface area contributed by atoms with E-state index in [-0.39, 0.29) is 29.2 Å². The highest BCUT2D eigenvalue weighted by Crippen LogP contribution is 2.34. The van der Waals surface area contributed by atoms with Gasteiger partial charge in [-0.15, -0.1) is 0 Å². The Kier molecular flexibility index (Phi) is 5.45. The van der Waals surface area contributed by atoms with Gasteiger partial charge in [-0.1, -0.05) is 0 Å². The second-order valence-corrected chi connectivity index (χ2v) is 4.74. The Morgan fingerprint density at radius 1 is 1.16 bits per heavy atom. The first kappa shape index (κ1) is 18.5. The lowest BCUT2D eigenvalue weighted by atomic mass is 10.1. The molecule has 25 heavy (non-hydrogen) atoms. The average Bonchev–Trinajstić information content (AvgIpc) is 2.60. The first-order valence-corrected chi connectivity index (χ1v) is 7.15. The summed E-state index contributed by atoms with van der Waals surface area (Å²) < 4.78 is 53.9. The molecule has 6 nitrogen and oxygen atoms in total. The van der Waals surface area contributed by atoms with E-state index in [2.05, 4.69) is 9.97 Å². The first-order chi connectivity index (χ1) is 11.8. The minimum absolute atomic E-state index is 0.0607. The molecule has 2 rings (SSSR count). The van der Waals surface area contributed by atoms with Crippen LogP contribution in [0.3, 0.4) is 0 Å². The van der Waals surface area contributed by atoms with Crippen LogP contribution in [0.5, 0.6) is 11.5 Å². The molecule has 0 spiro atoms. The van der Waals surface area contributed by atoms with Crippen LogP contribution in [0.4, 0.5) is 13.2 Å². The van der Waals surface area contributed by atoms with E-state index >= 15 is 0 Å². The van der Waals surface area contributed by atoms with Gasteiger partial charge >= 0.3 is 12.1 Å². The lowest BCUT2D eigenvalue weighted by molar-refractivity contribution is -0.144. The molecular weight excluding hydrogens is 341 g/mol. The zero-order valence-corrected chi connectivity index (χ0v) is 13.7. The maximum atomic E-state index is 12.9. The van der Waals surface area contributed by atoms with Crippen molar-refractivity contribution in [3.8, 4) is 22.8 Å². The van der Waals surface area contributed by atoms with Gasteiger partial charge in [0.25, 0.3) is 0 Å². The summed E-state index contributed by atoms with van der Waals surface area (Å²) in [6.45, 7) is 1.64. The van der Waals surface area contributed by atoms with E-state index in [1.807, 2.05) is 0 Å². The summed E-state index contributed by atoms with van der Waals surface area (Å²) in [4.78, 5) is 18.8. The maximum absolute atomic E-state index is 12.9. The molecule has 0 unspecified atom stereocenters. The molecule has 0 aliphatic rings. The number of rotatable bonds is 5. The Morgan fingerprint density at radius 2 is 1.84 bits per heavy atom. The molecule has 0 aliphatic heterocycles. The fraction of sp³-hybridized carbons (Fsp3) is 0.312. The van der Waals surface area contributed by atoms with Crippen LogP contribution < -0.4 is 9.47 Å². The van der Waals surface area contributed by atoms with Gasteiger partial charge < -0.3 is 14.2 Å². The highest BCUT2D eigenvalue weighted by molar-refractivity contribution is 5.96. The SMILES string of the molecule is CCOC(=O)c1cnc(C(F)(F)F)nc1-c1ccc(OC)c(OC)c1. The van der Waals surface area contributed by atoms with Crippen LogP contribution >= 0.6 is 0 Å². The standard InChI is InChI=1S/C16H15F3N2O4/c1-4-25-14(22)10-8-20-15(16(17,18)19)21-13(10)9-5-6-11(23-2)12(7-9)24-3/h5-8H,4H2,1-3H3. The Morgan fingerprint density at radius 3 is 2.40 bits per heavy atom. The van der Waals surface area contributed by atoms with Crippen LogP contribution in [-0.4, -0.2) is 36.8 Å². The van der Waals surface area contributed by atoms with E-state index in [9.17, 15) is 18.0 Å². The molecule has 134 valence electrons. The smallest absolute Gasteiger partial charge is 0.451 e. The van der Waals surface area contributed by atoms with E-state index in [1.54, 1.807) is 6.92 Å². The van der Waals surface area contributed by atoms with E-state index in [4.69, 9.17) is 14.2 Å². The van der Waals surface area contributed by atoms with Crippen molar-refractivity contribution in [2.24, 2.45) is 0 Å². The topological polar surface area (TPSA) is 70.5 Å². The first-order valence-electron chi connectivity index (χ1n) is 7.15. The molecule has 1 aromatic carbocycles. The van der Waals surface area contributed by atoms with Gasteiger partial charge in [-0.3, -0.25) is 0 Å². The minimum atomic E-state index is -4.75. The van der Waals surface area contributed by atoms with Crippen LogP contribution in [-0.2, 0) is 10.9 Å². The molecule has 0 fully saturated rings. The molecule has 1 aromatic heterocycles. The molecule has 0 atom stereocenters. The fourth-order valence-electron chi connectivity index (χ4n) is 2.08. The van der Waals surface area contributed by atoms with Gasteiger partial charge in [0.05, 0.1) is 26.5 Å². The fourth-order valence-corrected chi connectivity index (χ4v) is 2.08. The number of ether oxygens (including phenoxy) is 3. The van der Waals surface area contributed by atoms with E-state index in [1.165, 1.54) is 32.4 Å². The van der Waals surface area contributed by atoms with Crippen molar-refractivity contribution in [1.82, 2.24) is 9.97 Å².